The molecule has 2 aromatic carbocycles. The van der Waals surface area contributed by atoms with Crippen LogP contribution in [0.4, 0.5) is 0 Å². The fraction of sp³-hybridized carbons (Fsp3) is 0.188. The molecular weight excluding hydrogens is 318 g/mol. The zero-order valence-electron chi connectivity index (χ0n) is 11.2. The standard InChI is InChI=1S/C16H16BrNO2/c1-2-18(11-12-6-4-3-5-7-12)16(20)13-8-9-14(17)15(19)10-13/h3-10,19H,2,11H2,1H3. The maximum atomic E-state index is 12.4. The van der Waals surface area contributed by atoms with Crippen LogP contribution in [0.3, 0.4) is 0 Å². The average Bonchev–Trinajstić information content (AvgIpc) is 2.48. The second kappa shape index (κ2) is 6.57. The van der Waals surface area contributed by atoms with Gasteiger partial charge in [0, 0.05) is 18.7 Å². The minimum absolute atomic E-state index is 0.0756. The third-order valence-corrected chi connectivity index (χ3v) is 3.75. The molecule has 0 saturated carbocycles. The first kappa shape index (κ1) is 14.6. The van der Waals surface area contributed by atoms with Gasteiger partial charge in [0.05, 0.1) is 4.47 Å². The summed E-state index contributed by atoms with van der Waals surface area (Å²) in [5.74, 6) is -0.00855. The Kier molecular flexibility index (Phi) is 4.79. The Morgan fingerprint density at radius 2 is 1.90 bits per heavy atom. The van der Waals surface area contributed by atoms with Crippen molar-refractivity contribution in [3.05, 3.63) is 64.1 Å². The van der Waals surface area contributed by atoms with Crippen molar-refractivity contribution in [2.45, 2.75) is 13.5 Å². The molecule has 0 aliphatic rings. The molecule has 3 nitrogen and oxygen atoms in total. The number of hydrogen-bond acceptors (Lipinski definition) is 2. The predicted molar refractivity (Wildman–Crippen MR) is 82.7 cm³/mol. The van der Waals surface area contributed by atoms with Gasteiger partial charge in [-0.05, 0) is 46.6 Å². The van der Waals surface area contributed by atoms with Crippen LogP contribution >= 0.6 is 15.9 Å². The van der Waals surface area contributed by atoms with Gasteiger partial charge in [0.25, 0.3) is 5.91 Å². The molecule has 104 valence electrons. The lowest BCUT2D eigenvalue weighted by Gasteiger charge is -2.21. The number of nitrogens with zero attached hydrogens (tertiary/aromatic N) is 1. The average molecular weight is 334 g/mol. The van der Waals surface area contributed by atoms with E-state index in [0.717, 1.165) is 5.56 Å². The van der Waals surface area contributed by atoms with Gasteiger partial charge < -0.3 is 10.0 Å². The van der Waals surface area contributed by atoms with E-state index in [0.29, 0.717) is 23.1 Å². The van der Waals surface area contributed by atoms with Crippen molar-refractivity contribution in [1.29, 1.82) is 0 Å². The number of carbonyl (C=O) groups excluding carboxylic acids is 1. The van der Waals surface area contributed by atoms with Gasteiger partial charge in [-0.25, -0.2) is 0 Å². The predicted octanol–water partition coefficient (Wildman–Crippen LogP) is 3.82. The number of amides is 1. The van der Waals surface area contributed by atoms with Crippen LogP contribution in [0.15, 0.2) is 53.0 Å². The van der Waals surface area contributed by atoms with E-state index >= 15 is 0 Å². The van der Waals surface area contributed by atoms with Crippen molar-refractivity contribution in [3.63, 3.8) is 0 Å². The van der Waals surface area contributed by atoms with E-state index in [2.05, 4.69) is 15.9 Å². The van der Waals surface area contributed by atoms with Crippen LogP contribution in [-0.4, -0.2) is 22.5 Å². The number of phenols is 1. The molecule has 0 bridgehead atoms. The summed E-state index contributed by atoms with van der Waals surface area (Å²) >= 11 is 3.21. The van der Waals surface area contributed by atoms with Gasteiger partial charge in [0.1, 0.15) is 5.75 Å². The Balaban J connectivity index is 2.18. The Morgan fingerprint density at radius 1 is 1.20 bits per heavy atom. The zero-order chi connectivity index (χ0) is 14.5. The van der Waals surface area contributed by atoms with Crippen LogP contribution < -0.4 is 0 Å². The molecule has 0 aromatic heterocycles. The monoisotopic (exact) mass is 333 g/mol. The van der Waals surface area contributed by atoms with Crippen molar-refractivity contribution < 1.29 is 9.90 Å². The first-order valence-electron chi connectivity index (χ1n) is 6.43. The molecule has 2 aromatic rings. The van der Waals surface area contributed by atoms with E-state index in [4.69, 9.17) is 0 Å². The minimum atomic E-state index is -0.0841. The van der Waals surface area contributed by atoms with E-state index < -0.39 is 0 Å². The first-order valence-corrected chi connectivity index (χ1v) is 7.23. The van der Waals surface area contributed by atoms with Crippen LogP contribution in [0.25, 0.3) is 0 Å². The molecule has 0 aliphatic heterocycles. The number of rotatable bonds is 4. The molecule has 0 spiro atoms. The summed E-state index contributed by atoms with van der Waals surface area (Å²) in [4.78, 5) is 14.2. The third kappa shape index (κ3) is 3.39. The van der Waals surface area contributed by atoms with Crippen LogP contribution in [0.2, 0.25) is 0 Å². The van der Waals surface area contributed by atoms with Gasteiger partial charge in [0.2, 0.25) is 0 Å². The van der Waals surface area contributed by atoms with E-state index in [1.165, 1.54) is 6.07 Å². The quantitative estimate of drug-likeness (QED) is 0.923. The molecule has 0 heterocycles. The maximum Gasteiger partial charge on any atom is 0.254 e. The number of aromatic hydroxyl groups is 1. The highest BCUT2D eigenvalue weighted by Gasteiger charge is 2.15. The lowest BCUT2D eigenvalue weighted by Crippen LogP contribution is -2.30. The molecule has 0 unspecified atom stereocenters. The molecule has 0 fully saturated rings. The summed E-state index contributed by atoms with van der Waals surface area (Å²) in [6.45, 7) is 3.12. The van der Waals surface area contributed by atoms with Crippen LogP contribution in [-0.2, 0) is 6.54 Å². The minimum Gasteiger partial charge on any atom is -0.507 e. The SMILES string of the molecule is CCN(Cc1ccccc1)C(=O)c1ccc(Br)c(O)c1. The Morgan fingerprint density at radius 3 is 2.50 bits per heavy atom. The second-order valence-electron chi connectivity index (χ2n) is 4.47. The molecule has 2 rings (SSSR count). The van der Waals surface area contributed by atoms with Gasteiger partial charge in [-0.1, -0.05) is 30.3 Å². The maximum absolute atomic E-state index is 12.4. The van der Waals surface area contributed by atoms with Gasteiger partial charge in [-0.3, -0.25) is 4.79 Å². The third-order valence-electron chi connectivity index (χ3n) is 3.08. The number of hydrogen-bond donors (Lipinski definition) is 1. The molecule has 0 aliphatic carbocycles. The Bertz CT molecular complexity index is 599. The van der Waals surface area contributed by atoms with Gasteiger partial charge in [-0.15, -0.1) is 0 Å². The van der Waals surface area contributed by atoms with E-state index in [-0.39, 0.29) is 11.7 Å². The van der Waals surface area contributed by atoms with E-state index in [1.54, 1.807) is 17.0 Å². The first-order chi connectivity index (χ1) is 9.61. The second-order valence-corrected chi connectivity index (χ2v) is 5.33. The molecule has 4 heteroatoms. The molecule has 1 N–H and O–H groups in total. The smallest absolute Gasteiger partial charge is 0.254 e. The summed E-state index contributed by atoms with van der Waals surface area (Å²) in [7, 11) is 0. The summed E-state index contributed by atoms with van der Waals surface area (Å²) in [6.07, 6.45) is 0. The van der Waals surface area contributed by atoms with Crippen molar-refractivity contribution in [2.75, 3.05) is 6.54 Å². The van der Waals surface area contributed by atoms with Crippen LogP contribution in [0.1, 0.15) is 22.8 Å². The van der Waals surface area contributed by atoms with Crippen molar-refractivity contribution in [2.24, 2.45) is 0 Å². The summed E-state index contributed by atoms with van der Waals surface area (Å²) in [5.41, 5.74) is 1.58. The fourth-order valence-corrected chi connectivity index (χ4v) is 2.21. The summed E-state index contributed by atoms with van der Waals surface area (Å²) in [6, 6.07) is 14.7. The highest BCUT2D eigenvalue weighted by molar-refractivity contribution is 9.10. The van der Waals surface area contributed by atoms with Crippen molar-refractivity contribution in [1.82, 2.24) is 4.90 Å². The summed E-state index contributed by atoms with van der Waals surface area (Å²) < 4.78 is 0.583. The fourth-order valence-electron chi connectivity index (χ4n) is 1.96. The normalized spacial score (nSPS) is 10.3. The highest BCUT2D eigenvalue weighted by atomic mass is 79.9. The van der Waals surface area contributed by atoms with Crippen LogP contribution in [0, 0.1) is 0 Å². The highest BCUT2D eigenvalue weighted by Crippen LogP contribution is 2.25. The Hall–Kier alpha value is -1.81. The van der Waals surface area contributed by atoms with Crippen molar-refractivity contribution in [3.8, 4) is 5.75 Å². The molecule has 0 radical (unpaired) electrons. The molecule has 0 atom stereocenters. The Labute approximate surface area is 127 Å². The number of benzene rings is 2. The number of carbonyl (C=O) groups is 1. The molecule has 1 amide bonds. The van der Waals surface area contributed by atoms with Crippen LogP contribution in [0.5, 0.6) is 5.75 Å². The zero-order valence-corrected chi connectivity index (χ0v) is 12.8. The number of phenolic OH excluding ortho intramolecular Hbond substituents is 1. The largest absolute Gasteiger partial charge is 0.507 e. The van der Waals surface area contributed by atoms with E-state index in [1.807, 2.05) is 37.3 Å². The molecular formula is C16H16BrNO2. The number of halogens is 1. The topological polar surface area (TPSA) is 40.5 Å². The van der Waals surface area contributed by atoms with E-state index in [9.17, 15) is 9.90 Å². The molecule has 20 heavy (non-hydrogen) atoms. The lowest BCUT2D eigenvalue weighted by molar-refractivity contribution is 0.0752. The van der Waals surface area contributed by atoms with Gasteiger partial charge >= 0.3 is 0 Å². The summed E-state index contributed by atoms with van der Waals surface area (Å²) in [5, 5.41) is 9.68. The lowest BCUT2D eigenvalue weighted by atomic mass is 10.1. The van der Waals surface area contributed by atoms with Crippen molar-refractivity contribution >= 4 is 21.8 Å². The molecule has 0 saturated heterocycles. The van der Waals surface area contributed by atoms with Gasteiger partial charge in [-0.2, -0.15) is 0 Å². The van der Waals surface area contributed by atoms with Gasteiger partial charge in [0.15, 0.2) is 0 Å².